The van der Waals surface area contributed by atoms with Gasteiger partial charge in [0.2, 0.25) is 0 Å². The van der Waals surface area contributed by atoms with Crippen LogP contribution < -0.4 is 0 Å². The van der Waals surface area contributed by atoms with Gasteiger partial charge >= 0.3 is 0 Å². The van der Waals surface area contributed by atoms with Gasteiger partial charge in [0, 0.05) is 21.9 Å². The Morgan fingerprint density at radius 3 is 1.74 bits per heavy atom. The summed E-state index contributed by atoms with van der Waals surface area (Å²) in [5.74, 6) is -0.145. The second-order valence-electron chi connectivity index (χ2n) is 3.55. The van der Waals surface area contributed by atoms with Gasteiger partial charge in [-0.05, 0) is 24.3 Å². The number of thiophene rings is 2. The summed E-state index contributed by atoms with van der Waals surface area (Å²) < 4.78 is 2.04. The quantitative estimate of drug-likeness (QED) is 0.573. The number of hydrogen-bond donors (Lipinski definition) is 0. The summed E-state index contributed by atoms with van der Waals surface area (Å²) in [5, 5.41) is 3.63. The maximum absolute atomic E-state index is 11.4. The zero-order chi connectivity index (χ0) is 13.8. The second kappa shape index (κ2) is 6.14. The molecule has 0 amide bonds. The van der Waals surface area contributed by atoms with Crippen molar-refractivity contribution in [2.75, 3.05) is 0 Å². The predicted molar refractivity (Wildman–Crippen MR) is 81.8 cm³/mol. The molecule has 0 bridgehead atoms. The van der Waals surface area contributed by atoms with Crippen LogP contribution in [-0.4, -0.2) is 11.6 Å². The lowest BCUT2D eigenvalue weighted by atomic mass is 10.2. The molecule has 2 nitrogen and oxygen atoms in total. The van der Waals surface area contributed by atoms with E-state index in [0.717, 1.165) is 8.42 Å². The van der Waals surface area contributed by atoms with E-state index in [1.54, 1.807) is 11.8 Å². The van der Waals surface area contributed by atoms with E-state index in [4.69, 9.17) is 0 Å². The van der Waals surface area contributed by atoms with Crippen molar-refractivity contribution >= 4 is 46.0 Å². The molecular formula is C14H10O2S3. The van der Waals surface area contributed by atoms with Crippen LogP contribution in [0.2, 0.25) is 0 Å². The smallest absolute Gasteiger partial charge is 0.186 e. The van der Waals surface area contributed by atoms with E-state index < -0.39 is 0 Å². The van der Waals surface area contributed by atoms with Gasteiger partial charge in [-0.25, -0.2) is 0 Å². The van der Waals surface area contributed by atoms with Crippen LogP contribution in [0.15, 0.2) is 56.6 Å². The molecule has 2 aromatic heterocycles. The standard InChI is InChI=1S/C14H10O2S3/c1-3-11(15)9-5-13(17-7-9)19-14-6-10(8-18-14)12(16)4-2/h3-8H,1-2H2. The molecule has 0 aliphatic heterocycles. The Hall–Kier alpha value is -1.43. The van der Waals surface area contributed by atoms with E-state index in [1.807, 2.05) is 22.9 Å². The molecule has 0 aliphatic rings. The van der Waals surface area contributed by atoms with E-state index in [-0.39, 0.29) is 11.6 Å². The van der Waals surface area contributed by atoms with Crippen LogP contribution in [0, 0.1) is 0 Å². The Morgan fingerprint density at radius 1 is 0.947 bits per heavy atom. The third-order valence-corrected chi connectivity index (χ3v) is 5.45. The Kier molecular flexibility index (Phi) is 4.52. The number of carbonyl (C=O) groups excluding carboxylic acids is 2. The molecule has 0 atom stereocenters. The predicted octanol–water partition coefficient (Wildman–Crippen LogP) is 4.70. The molecule has 0 spiro atoms. The van der Waals surface area contributed by atoms with Crippen LogP contribution in [0.3, 0.4) is 0 Å². The van der Waals surface area contributed by atoms with E-state index in [0.29, 0.717) is 11.1 Å². The first-order valence-electron chi connectivity index (χ1n) is 5.32. The van der Waals surface area contributed by atoms with Crippen LogP contribution in [0.5, 0.6) is 0 Å². The number of hydrogen-bond acceptors (Lipinski definition) is 5. The van der Waals surface area contributed by atoms with Crippen molar-refractivity contribution in [3.63, 3.8) is 0 Å². The van der Waals surface area contributed by atoms with Gasteiger partial charge in [0.25, 0.3) is 0 Å². The average Bonchev–Trinajstić information content (AvgIpc) is 3.07. The lowest BCUT2D eigenvalue weighted by molar-refractivity contribution is 0.103. The number of ketones is 2. The van der Waals surface area contributed by atoms with Crippen molar-refractivity contribution in [3.05, 3.63) is 59.3 Å². The van der Waals surface area contributed by atoms with Crippen LogP contribution in [0.25, 0.3) is 0 Å². The molecule has 0 aliphatic carbocycles. The molecule has 0 unspecified atom stereocenters. The third-order valence-electron chi connectivity index (χ3n) is 2.29. The van der Waals surface area contributed by atoms with E-state index in [9.17, 15) is 9.59 Å². The van der Waals surface area contributed by atoms with Crippen LogP contribution in [-0.2, 0) is 0 Å². The highest BCUT2D eigenvalue weighted by Gasteiger charge is 2.10. The zero-order valence-electron chi connectivity index (χ0n) is 9.92. The summed E-state index contributed by atoms with van der Waals surface area (Å²) >= 11 is 4.56. The highest BCUT2D eigenvalue weighted by Crippen LogP contribution is 2.36. The minimum absolute atomic E-state index is 0.0724. The first-order chi connectivity index (χ1) is 9.13. The molecule has 0 aromatic carbocycles. The molecule has 2 aromatic rings. The fourth-order valence-electron chi connectivity index (χ4n) is 1.33. The summed E-state index contributed by atoms with van der Waals surface area (Å²) in [6, 6.07) is 3.68. The molecule has 0 fully saturated rings. The van der Waals surface area contributed by atoms with Crippen molar-refractivity contribution in [1.82, 2.24) is 0 Å². The molecule has 0 saturated heterocycles. The first kappa shape index (κ1) is 14.0. The second-order valence-corrected chi connectivity index (χ2v) is 6.97. The number of allylic oxidation sites excluding steroid dienone is 2. The van der Waals surface area contributed by atoms with Gasteiger partial charge in [-0.15, -0.1) is 22.7 Å². The topological polar surface area (TPSA) is 34.1 Å². The third kappa shape index (κ3) is 3.32. The maximum Gasteiger partial charge on any atom is 0.186 e. The minimum atomic E-state index is -0.0724. The summed E-state index contributed by atoms with van der Waals surface area (Å²) in [5.41, 5.74) is 1.31. The van der Waals surface area contributed by atoms with Crippen molar-refractivity contribution in [2.45, 2.75) is 8.42 Å². The van der Waals surface area contributed by atoms with Crippen LogP contribution >= 0.6 is 34.4 Å². The van der Waals surface area contributed by atoms with Gasteiger partial charge in [-0.2, -0.15) is 0 Å². The summed E-state index contributed by atoms with van der Waals surface area (Å²) in [6.45, 7) is 6.93. The normalized spacial score (nSPS) is 10.1. The van der Waals surface area contributed by atoms with Gasteiger partial charge in [0.15, 0.2) is 11.6 Å². The molecule has 0 N–H and O–H groups in total. The van der Waals surface area contributed by atoms with Crippen molar-refractivity contribution in [2.24, 2.45) is 0 Å². The van der Waals surface area contributed by atoms with E-state index in [2.05, 4.69) is 13.2 Å². The molecular weight excluding hydrogens is 296 g/mol. The first-order valence-corrected chi connectivity index (χ1v) is 7.90. The maximum atomic E-state index is 11.4. The lowest BCUT2D eigenvalue weighted by Crippen LogP contribution is -1.88. The largest absolute Gasteiger partial charge is 0.289 e. The molecule has 96 valence electrons. The van der Waals surface area contributed by atoms with Gasteiger partial charge in [0.05, 0.1) is 8.42 Å². The van der Waals surface area contributed by atoms with Crippen molar-refractivity contribution < 1.29 is 9.59 Å². The van der Waals surface area contributed by atoms with Gasteiger partial charge in [-0.3, -0.25) is 9.59 Å². The molecule has 2 heterocycles. The van der Waals surface area contributed by atoms with E-state index in [1.165, 1.54) is 34.8 Å². The minimum Gasteiger partial charge on any atom is -0.289 e. The average molecular weight is 306 g/mol. The van der Waals surface area contributed by atoms with Gasteiger partial charge in [-0.1, -0.05) is 24.9 Å². The van der Waals surface area contributed by atoms with Gasteiger partial charge < -0.3 is 0 Å². The Morgan fingerprint density at radius 2 is 1.37 bits per heavy atom. The van der Waals surface area contributed by atoms with Gasteiger partial charge in [0.1, 0.15) is 0 Å². The summed E-state index contributed by atoms with van der Waals surface area (Å²) in [6.07, 6.45) is 2.62. The highest BCUT2D eigenvalue weighted by molar-refractivity contribution is 8.02. The molecule has 0 radical (unpaired) electrons. The fraction of sp³-hybridized carbons (Fsp3) is 0. The highest BCUT2D eigenvalue weighted by atomic mass is 32.2. The number of carbonyl (C=O) groups is 2. The number of rotatable bonds is 6. The van der Waals surface area contributed by atoms with Crippen LogP contribution in [0.4, 0.5) is 0 Å². The monoisotopic (exact) mass is 306 g/mol. The Balaban J connectivity index is 2.13. The summed E-state index contributed by atoms with van der Waals surface area (Å²) in [4.78, 5) is 22.9. The molecule has 2 rings (SSSR count). The fourth-order valence-corrected chi connectivity index (χ4v) is 4.52. The zero-order valence-corrected chi connectivity index (χ0v) is 12.4. The Bertz CT molecular complexity index is 593. The van der Waals surface area contributed by atoms with E-state index >= 15 is 0 Å². The van der Waals surface area contributed by atoms with Crippen molar-refractivity contribution in [1.29, 1.82) is 0 Å². The Labute approximate surface area is 123 Å². The SMILES string of the molecule is C=CC(=O)c1csc(Sc2cc(C(=O)C=C)cs2)c1. The summed E-state index contributed by atoms with van der Waals surface area (Å²) in [7, 11) is 0. The van der Waals surface area contributed by atoms with Crippen LogP contribution in [0.1, 0.15) is 20.7 Å². The molecule has 5 heteroatoms. The molecule has 19 heavy (non-hydrogen) atoms. The molecule has 0 saturated carbocycles. The van der Waals surface area contributed by atoms with Crippen molar-refractivity contribution in [3.8, 4) is 0 Å². The lowest BCUT2D eigenvalue weighted by Gasteiger charge is -1.91.